The van der Waals surface area contributed by atoms with Crippen LogP contribution in [0, 0.1) is 6.92 Å². The number of methoxy groups -OCH3 is 1. The third-order valence-electron chi connectivity index (χ3n) is 5.26. The lowest BCUT2D eigenvalue weighted by atomic mass is 10.1. The van der Waals surface area contributed by atoms with Gasteiger partial charge >= 0.3 is 0 Å². The van der Waals surface area contributed by atoms with Crippen molar-refractivity contribution in [3.05, 3.63) is 83.9 Å². The standard InChI is InChI=1S/C24H24N2O5S/c1-17-7-9-18(10-8-17)15-25-24(27)23-16-26(21-5-3-4-6-22(21)31-23)32(28,29)20-13-11-19(30-2)12-14-20/h3-14,23H,15-16H2,1-2H3,(H,25,27). The van der Waals surface area contributed by atoms with E-state index in [1.54, 1.807) is 36.4 Å². The first-order chi connectivity index (χ1) is 15.4. The Morgan fingerprint density at radius 3 is 2.44 bits per heavy atom. The molecule has 0 aromatic heterocycles. The minimum Gasteiger partial charge on any atom is -0.497 e. The zero-order chi connectivity index (χ0) is 22.7. The summed E-state index contributed by atoms with van der Waals surface area (Å²) in [7, 11) is -2.41. The Hall–Kier alpha value is -3.52. The summed E-state index contributed by atoms with van der Waals surface area (Å²) in [6, 6.07) is 20.8. The molecular weight excluding hydrogens is 428 g/mol. The summed E-state index contributed by atoms with van der Waals surface area (Å²) in [5.41, 5.74) is 2.47. The summed E-state index contributed by atoms with van der Waals surface area (Å²) in [6.45, 7) is 2.18. The highest BCUT2D eigenvalue weighted by molar-refractivity contribution is 7.92. The Bertz CT molecular complexity index is 1210. The molecule has 1 amide bonds. The summed E-state index contributed by atoms with van der Waals surface area (Å²) in [5, 5.41) is 2.84. The molecule has 1 N–H and O–H groups in total. The monoisotopic (exact) mass is 452 g/mol. The first-order valence-corrected chi connectivity index (χ1v) is 11.6. The van der Waals surface area contributed by atoms with Gasteiger partial charge in [0.2, 0.25) is 0 Å². The van der Waals surface area contributed by atoms with Crippen LogP contribution in [-0.2, 0) is 21.4 Å². The van der Waals surface area contributed by atoms with Crippen LogP contribution in [-0.4, -0.2) is 34.1 Å². The average Bonchev–Trinajstić information content (AvgIpc) is 2.82. The topological polar surface area (TPSA) is 84.9 Å². The molecule has 0 saturated carbocycles. The lowest BCUT2D eigenvalue weighted by Gasteiger charge is -2.34. The van der Waals surface area contributed by atoms with Gasteiger partial charge in [-0.05, 0) is 48.9 Å². The molecule has 3 aromatic carbocycles. The smallest absolute Gasteiger partial charge is 0.264 e. The molecule has 32 heavy (non-hydrogen) atoms. The lowest BCUT2D eigenvalue weighted by Crippen LogP contribution is -2.50. The zero-order valence-electron chi connectivity index (χ0n) is 17.8. The number of benzene rings is 3. The highest BCUT2D eigenvalue weighted by Crippen LogP contribution is 2.37. The maximum Gasteiger partial charge on any atom is 0.264 e. The van der Waals surface area contributed by atoms with Gasteiger partial charge in [0, 0.05) is 6.54 Å². The van der Waals surface area contributed by atoms with E-state index in [1.807, 2.05) is 31.2 Å². The van der Waals surface area contributed by atoms with Gasteiger partial charge < -0.3 is 14.8 Å². The maximum atomic E-state index is 13.4. The van der Waals surface area contributed by atoms with Crippen molar-refractivity contribution in [3.63, 3.8) is 0 Å². The van der Waals surface area contributed by atoms with E-state index in [9.17, 15) is 13.2 Å². The number of carbonyl (C=O) groups is 1. The van der Waals surface area contributed by atoms with Crippen molar-refractivity contribution >= 4 is 21.6 Å². The number of amides is 1. The first-order valence-electron chi connectivity index (χ1n) is 10.1. The highest BCUT2D eigenvalue weighted by atomic mass is 32.2. The van der Waals surface area contributed by atoms with Crippen molar-refractivity contribution in [1.29, 1.82) is 0 Å². The van der Waals surface area contributed by atoms with Gasteiger partial charge in [-0.3, -0.25) is 9.10 Å². The van der Waals surface area contributed by atoms with E-state index in [2.05, 4.69) is 5.32 Å². The molecular formula is C24H24N2O5S. The normalized spacial score (nSPS) is 15.4. The summed E-state index contributed by atoms with van der Waals surface area (Å²) >= 11 is 0. The predicted molar refractivity (Wildman–Crippen MR) is 121 cm³/mol. The van der Waals surface area contributed by atoms with Crippen LogP contribution >= 0.6 is 0 Å². The Labute approximate surface area is 187 Å². The van der Waals surface area contributed by atoms with Crippen molar-refractivity contribution in [3.8, 4) is 11.5 Å². The molecule has 0 spiro atoms. The Balaban J connectivity index is 1.58. The van der Waals surface area contributed by atoms with Gasteiger partial charge in [-0.25, -0.2) is 8.42 Å². The maximum absolute atomic E-state index is 13.4. The summed E-state index contributed by atoms with van der Waals surface area (Å²) in [4.78, 5) is 13.0. The molecule has 166 valence electrons. The van der Waals surface area contributed by atoms with Crippen molar-refractivity contribution in [2.24, 2.45) is 0 Å². The molecule has 3 aromatic rings. The minimum absolute atomic E-state index is 0.105. The van der Waals surface area contributed by atoms with Gasteiger partial charge in [-0.2, -0.15) is 0 Å². The van der Waals surface area contributed by atoms with Gasteiger partial charge in [0.1, 0.15) is 11.5 Å². The second-order valence-electron chi connectivity index (χ2n) is 7.49. The number of aryl methyl sites for hydroxylation is 1. The number of carbonyl (C=O) groups excluding carboxylic acids is 1. The number of ether oxygens (including phenoxy) is 2. The largest absolute Gasteiger partial charge is 0.497 e. The van der Waals surface area contributed by atoms with Crippen LogP contribution in [0.4, 0.5) is 5.69 Å². The average molecular weight is 453 g/mol. The third-order valence-corrected chi connectivity index (χ3v) is 7.06. The summed E-state index contributed by atoms with van der Waals surface area (Å²) in [6.07, 6.45) is -0.983. The fourth-order valence-corrected chi connectivity index (χ4v) is 4.93. The van der Waals surface area contributed by atoms with E-state index in [1.165, 1.54) is 23.5 Å². The van der Waals surface area contributed by atoms with Crippen LogP contribution in [0.5, 0.6) is 11.5 Å². The molecule has 8 heteroatoms. The number of rotatable bonds is 6. The first kappa shape index (κ1) is 21.7. The van der Waals surface area contributed by atoms with Gasteiger partial charge in [0.05, 0.1) is 24.2 Å². The van der Waals surface area contributed by atoms with E-state index < -0.39 is 16.1 Å². The number of sulfonamides is 1. The van der Waals surface area contributed by atoms with E-state index in [0.29, 0.717) is 23.7 Å². The van der Waals surface area contributed by atoms with Crippen LogP contribution in [0.15, 0.2) is 77.7 Å². The van der Waals surface area contributed by atoms with Crippen LogP contribution in [0.3, 0.4) is 0 Å². The molecule has 4 rings (SSSR count). The number of nitrogens with one attached hydrogen (secondary N) is 1. The number of hydrogen-bond acceptors (Lipinski definition) is 5. The SMILES string of the molecule is COc1ccc(S(=O)(=O)N2CC(C(=O)NCc3ccc(C)cc3)Oc3ccccc32)cc1. The van der Waals surface area contributed by atoms with Gasteiger partial charge in [-0.15, -0.1) is 0 Å². The Morgan fingerprint density at radius 1 is 1.06 bits per heavy atom. The third kappa shape index (κ3) is 4.40. The van der Waals surface area contributed by atoms with E-state index in [-0.39, 0.29) is 17.3 Å². The van der Waals surface area contributed by atoms with Gasteiger partial charge in [0.25, 0.3) is 15.9 Å². The highest BCUT2D eigenvalue weighted by Gasteiger charge is 2.37. The van der Waals surface area contributed by atoms with Crippen LogP contribution < -0.4 is 19.1 Å². The summed E-state index contributed by atoms with van der Waals surface area (Å²) < 4.78 is 39.1. The lowest BCUT2D eigenvalue weighted by molar-refractivity contribution is -0.127. The van der Waals surface area contributed by atoms with E-state index in [4.69, 9.17) is 9.47 Å². The van der Waals surface area contributed by atoms with Crippen LogP contribution in [0.2, 0.25) is 0 Å². The molecule has 1 unspecified atom stereocenters. The second kappa shape index (κ2) is 8.92. The molecule has 7 nitrogen and oxygen atoms in total. The number of hydrogen-bond donors (Lipinski definition) is 1. The Kier molecular flexibility index (Phi) is 6.05. The van der Waals surface area contributed by atoms with Crippen molar-refractivity contribution in [2.45, 2.75) is 24.5 Å². The zero-order valence-corrected chi connectivity index (χ0v) is 18.6. The van der Waals surface area contributed by atoms with E-state index in [0.717, 1.165) is 11.1 Å². The van der Waals surface area contributed by atoms with Crippen molar-refractivity contribution < 1.29 is 22.7 Å². The van der Waals surface area contributed by atoms with Crippen molar-refractivity contribution in [1.82, 2.24) is 5.32 Å². The second-order valence-corrected chi connectivity index (χ2v) is 9.35. The molecule has 0 saturated heterocycles. The molecule has 0 fully saturated rings. The molecule has 1 aliphatic heterocycles. The van der Waals surface area contributed by atoms with Gasteiger partial charge in [-0.1, -0.05) is 42.0 Å². The minimum atomic E-state index is -3.92. The van der Waals surface area contributed by atoms with Gasteiger partial charge in [0.15, 0.2) is 6.10 Å². The van der Waals surface area contributed by atoms with Crippen LogP contribution in [0.1, 0.15) is 11.1 Å². The predicted octanol–water partition coefficient (Wildman–Crippen LogP) is 3.28. The number of fused-ring (bicyclic) bond motifs is 1. The van der Waals surface area contributed by atoms with Crippen LogP contribution in [0.25, 0.3) is 0 Å². The molecule has 1 aliphatic rings. The van der Waals surface area contributed by atoms with E-state index >= 15 is 0 Å². The summed E-state index contributed by atoms with van der Waals surface area (Å²) in [5.74, 6) is 0.515. The molecule has 1 heterocycles. The fraction of sp³-hybridized carbons (Fsp3) is 0.208. The molecule has 0 aliphatic carbocycles. The Morgan fingerprint density at radius 2 is 1.75 bits per heavy atom. The van der Waals surface area contributed by atoms with Crippen molar-refractivity contribution in [2.75, 3.05) is 18.0 Å². The molecule has 1 atom stereocenters. The number of anilines is 1. The molecule has 0 radical (unpaired) electrons. The number of nitrogens with zero attached hydrogens (tertiary/aromatic N) is 1. The molecule has 0 bridgehead atoms. The fourth-order valence-electron chi connectivity index (χ4n) is 3.45. The quantitative estimate of drug-likeness (QED) is 0.621. The number of para-hydroxylation sites is 2.